The first-order valence-electron chi connectivity index (χ1n) is 2.72. The zero-order chi connectivity index (χ0) is 7.56. The molecular weight excluding hydrogens is 214 g/mol. The maximum atomic E-state index is 10.3. The molecular formula is C7H6O2SZn+2. The summed E-state index contributed by atoms with van der Waals surface area (Å²) in [6.45, 7) is 0. The van der Waals surface area contributed by atoms with Crippen LogP contribution in [0.2, 0.25) is 0 Å². The predicted octanol–water partition coefficient (Wildman–Crippen LogP) is 1.67. The van der Waals surface area contributed by atoms with Gasteiger partial charge in [-0.25, -0.2) is 4.79 Å². The molecule has 0 aromatic heterocycles. The predicted molar refractivity (Wildman–Crippen MR) is 40.7 cm³/mol. The Morgan fingerprint density at radius 3 is 2.09 bits per heavy atom. The summed E-state index contributed by atoms with van der Waals surface area (Å²) in [7, 11) is 0. The van der Waals surface area contributed by atoms with E-state index in [2.05, 4.69) is 12.6 Å². The summed E-state index contributed by atoms with van der Waals surface area (Å²) in [5.74, 6) is -0.909. The van der Waals surface area contributed by atoms with Gasteiger partial charge in [0, 0.05) is 4.90 Å². The van der Waals surface area contributed by atoms with Crippen molar-refractivity contribution in [3.63, 3.8) is 0 Å². The Morgan fingerprint density at radius 2 is 1.73 bits per heavy atom. The molecule has 11 heavy (non-hydrogen) atoms. The number of rotatable bonds is 1. The number of carboxylic acids is 1. The molecule has 0 radical (unpaired) electrons. The van der Waals surface area contributed by atoms with Crippen LogP contribution in [0.5, 0.6) is 0 Å². The van der Waals surface area contributed by atoms with Gasteiger partial charge >= 0.3 is 25.4 Å². The second-order valence-electron chi connectivity index (χ2n) is 1.85. The van der Waals surface area contributed by atoms with Gasteiger partial charge in [-0.2, -0.15) is 0 Å². The quantitative estimate of drug-likeness (QED) is 0.557. The zero-order valence-electron chi connectivity index (χ0n) is 5.82. The molecule has 0 aliphatic carbocycles. The van der Waals surface area contributed by atoms with Crippen LogP contribution in [-0.4, -0.2) is 11.1 Å². The molecule has 0 aliphatic heterocycles. The van der Waals surface area contributed by atoms with Gasteiger partial charge in [0.15, 0.2) is 0 Å². The van der Waals surface area contributed by atoms with Gasteiger partial charge < -0.3 is 5.11 Å². The van der Waals surface area contributed by atoms with Crippen LogP contribution in [0.3, 0.4) is 0 Å². The Labute approximate surface area is 82.8 Å². The number of carboxylic acid groups (broad SMARTS) is 1. The summed E-state index contributed by atoms with van der Waals surface area (Å²) in [5.41, 5.74) is 0.290. The molecule has 0 saturated carbocycles. The van der Waals surface area contributed by atoms with Crippen molar-refractivity contribution in [2.24, 2.45) is 0 Å². The first-order valence-corrected chi connectivity index (χ1v) is 3.17. The molecule has 0 fully saturated rings. The summed E-state index contributed by atoms with van der Waals surface area (Å²) < 4.78 is 0. The summed E-state index contributed by atoms with van der Waals surface area (Å²) in [4.78, 5) is 11.1. The number of aromatic carboxylic acids is 1. The molecule has 1 aromatic carbocycles. The van der Waals surface area contributed by atoms with Gasteiger partial charge in [-0.15, -0.1) is 12.6 Å². The van der Waals surface area contributed by atoms with Gasteiger partial charge in [0.1, 0.15) is 0 Å². The summed E-state index contributed by atoms with van der Waals surface area (Å²) in [5, 5.41) is 8.45. The smallest absolute Gasteiger partial charge is 0.478 e. The Hall–Kier alpha value is -0.337. The van der Waals surface area contributed by atoms with Crippen LogP contribution < -0.4 is 0 Å². The fourth-order valence-electron chi connectivity index (χ4n) is 0.604. The van der Waals surface area contributed by atoms with Gasteiger partial charge in [0.2, 0.25) is 0 Å². The Balaban J connectivity index is 0.000001000. The first-order chi connectivity index (χ1) is 4.70. The normalized spacial score (nSPS) is 8.45. The van der Waals surface area contributed by atoms with E-state index in [1.165, 1.54) is 12.1 Å². The maximum Gasteiger partial charge on any atom is 2.00 e. The fourth-order valence-corrected chi connectivity index (χ4v) is 0.753. The number of hydrogen-bond acceptors (Lipinski definition) is 2. The van der Waals surface area contributed by atoms with Crippen LogP contribution in [0.4, 0.5) is 0 Å². The molecule has 52 valence electrons. The van der Waals surface area contributed by atoms with Gasteiger partial charge in [-0.1, -0.05) is 0 Å². The van der Waals surface area contributed by atoms with Crippen LogP contribution in [0.25, 0.3) is 0 Å². The largest absolute Gasteiger partial charge is 2.00 e. The van der Waals surface area contributed by atoms with E-state index in [0.717, 1.165) is 4.90 Å². The standard InChI is InChI=1S/C7H6O2S.Zn/c8-7(9)5-1-3-6(10)4-2-5;/h1-4,10H,(H,8,9);/q;+2. The summed E-state index contributed by atoms with van der Waals surface area (Å²) >= 11 is 4.01. The van der Waals surface area contributed by atoms with Crippen LogP contribution in [-0.2, 0) is 19.5 Å². The second kappa shape index (κ2) is 4.52. The zero-order valence-corrected chi connectivity index (χ0v) is 9.68. The molecule has 0 saturated heterocycles. The van der Waals surface area contributed by atoms with Crippen LogP contribution in [0.1, 0.15) is 10.4 Å². The molecule has 0 unspecified atom stereocenters. The topological polar surface area (TPSA) is 37.3 Å². The van der Waals surface area contributed by atoms with E-state index in [4.69, 9.17) is 5.11 Å². The third kappa shape index (κ3) is 3.04. The SMILES string of the molecule is O=C(O)c1ccc(S)cc1.[Zn+2]. The minimum Gasteiger partial charge on any atom is -0.478 e. The molecule has 4 heteroatoms. The minimum absolute atomic E-state index is 0. The minimum atomic E-state index is -0.909. The van der Waals surface area contributed by atoms with Crippen LogP contribution in [0.15, 0.2) is 29.2 Å². The Bertz CT molecular complexity index is 245. The monoisotopic (exact) mass is 218 g/mol. The molecule has 2 nitrogen and oxygen atoms in total. The number of hydrogen-bond donors (Lipinski definition) is 2. The molecule has 1 N–H and O–H groups in total. The molecule has 0 atom stereocenters. The van der Waals surface area contributed by atoms with Crippen molar-refractivity contribution in [3.05, 3.63) is 29.8 Å². The molecule has 0 heterocycles. The maximum absolute atomic E-state index is 10.3. The average Bonchev–Trinajstić information content (AvgIpc) is 1.88. The Kier molecular flexibility index (Phi) is 4.38. The number of thiol groups is 1. The van der Waals surface area contributed by atoms with Crippen molar-refractivity contribution in [1.29, 1.82) is 0 Å². The van der Waals surface area contributed by atoms with Crippen molar-refractivity contribution in [1.82, 2.24) is 0 Å². The second-order valence-corrected chi connectivity index (χ2v) is 2.37. The van der Waals surface area contributed by atoms with Gasteiger partial charge in [-0.3, -0.25) is 0 Å². The van der Waals surface area contributed by atoms with Crippen molar-refractivity contribution in [2.75, 3.05) is 0 Å². The van der Waals surface area contributed by atoms with E-state index in [0.29, 0.717) is 0 Å². The number of carbonyl (C=O) groups is 1. The van der Waals surface area contributed by atoms with E-state index < -0.39 is 5.97 Å². The van der Waals surface area contributed by atoms with Gasteiger partial charge in [0.25, 0.3) is 0 Å². The molecule has 1 aromatic rings. The van der Waals surface area contributed by atoms with Crippen molar-refractivity contribution in [3.8, 4) is 0 Å². The summed E-state index contributed by atoms with van der Waals surface area (Å²) in [6, 6.07) is 6.33. The summed E-state index contributed by atoms with van der Waals surface area (Å²) in [6.07, 6.45) is 0. The van der Waals surface area contributed by atoms with Gasteiger partial charge in [-0.05, 0) is 24.3 Å². The van der Waals surface area contributed by atoms with Crippen molar-refractivity contribution < 1.29 is 29.4 Å². The number of benzene rings is 1. The molecule has 0 spiro atoms. The molecule has 0 amide bonds. The van der Waals surface area contributed by atoms with Crippen LogP contribution >= 0.6 is 12.6 Å². The van der Waals surface area contributed by atoms with Gasteiger partial charge in [0.05, 0.1) is 5.56 Å². The van der Waals surface area contributed by atoms with E-state index in [9.17, 15) is 4.79 Å². The van der Waals surface area contributed by atoms with Crippen molar-refractivity contribution in [2.45, 2.75) is 4.90 Å². The van der Waals surface area contributed by atoms with E-state index in [-0.39, 0.29) is 25.0 Å². The van der Waals surface area contributed by atoms with Crippen molar-refractivity contribution >= 4 is 18.6 Å². The molecule has 0 bridgehead atoms. The van der Waals surface area contributed by atoms with E-state index in [1.807, 2.05) is 0 Å². The van der Waals surface area contributed by atoms with E-state index >= 15 is 0 Å². The first kappa shape index (κ1) is 10.7. The van der Waals surface area contributed by atoms with E-state index in [1.54, 1.807) is 12.1 Å². The average molecular weight is 220 g/mol. The molecule has 0 aliphatic rings. The Morgan fingerprint density at radius 1 is 1.27 bits per heavy atom. The molecule has 1 rings (SSSR count). The fraction of sp³-hybridized carbons (Fsp3) is 0. The third-order valence-corrected chi connectivity index (χ3v) is 1.41. The van der Waals surface area contributed by atoms with Crippen LogP contribution in [0, 0.1) is 0 Å². The third-order valence-electron chi connectivity index (χ3n) is 1.11.